The molecule has 92 valence electrons. The van der Waals surface area contributed by atoms with Crippen molar-refractivity contribution in [2.45, 2.75) is 39.2 Å². The topological polar surface area (TPSA) is 55.2 Å². The number of nitro benzene ring substituents is 1. The highest BCUT2D eigenvalue weighted by atomic mass is 16.6. The lowest BCUT2D eigenvalue weighted by molar-refractivity contribution is -0.385. The number of nitrogens with one attached hydrogen (secondary N) is 1. The van der Waals surface area contributed by atoms with Crippen molar-refractivity contribution in [3.05, 3.63) is 33.9 Å². The average Bonchev–Trinajstić information content (AvgIpc) is 2.18. The van der Waals surface area contributed by atoms with E-state index in [9.17, 15) is 10.1 Å². The van der Waals surface area contributed by atoms with Crippen LogP contribution in [0.25, 0.3) is 0 Å². The Kier molecular flexibility index (Phi) is 3.31. The average molecular weight is 234 g/mol. The van der Waals surface area contributed by atoms with E-state index in [0.717, 1.165) is 11.3 Å². The molecule has 1 saturated carbocycles. The molecule has 1 fully saturated rings. The van der Waals surface area contributed by atoms with Gasteiger partial charge in [-0.1, -0.05) is 12.5 Å². The highest BCUT2D eigenvalue weighted by molar-refractivity contribution is 5.60. The maximum Gasteiger partial charge on any atom is 0.274 e. The van der Waals surface area contributed by atoms with Crippen LogP contribution in [0.1, 0.15) is 31.7 Å². The molecule has 0 aliphatic heterocycles. The highest BCUT2D eigenvalue weighted by Gasteiger charge is 2.24. The van der Waals surface area contributed by atoms with E-state index in [1.807, 2.05) is 6.07 Å². The van der Waals surface area contributed by atoms with E-state index in [1.165, 1.54) is 19.3 Å². The lowest BCUT2D eigenvalue weighted by atomic mass is 9.80. The molecule has 0 heterocycles. The van der Waals surface area contributed by atoms with Gasteiger partial charge in [-0.25, -0.2) is 0 Å². The monoisotopic (exact) mass is 234 g/mol. The van der Waals surface area contributed by atoms with E-state index < -0.39 is 0 Å². The standard InChI is InChI=1S/C13H18N2O2/c1-9-12(7-4-8-13(9)15(16)17)14-10(2)11-5-3-6-11/h4,7-8,10-11,14H,3,5-6H2,1-2H3. The molecule has 1 aromatic rings. The SMILES string of the molecule is Cc1c(NC(C)C2CCC2)cccc1[N+](=O)[O-]. The maximum atomic E-state index is 10.8. The number of rotatable bonds is 4. The molecule has 0 spiro atoms. The predicted molar refractivity (Wildman–Crippen MR) is 68.3 cm³/mol. The van der Waals surface area contributed by atoms with Crippen molar-refractivity contribution >= 4 is 11.4 Å². The third-order valence-corrected chi connectivity index (χ3v) is 3.74. The van der Waals surface area contributed by atoms with E-state index in [1.54, 1.807) is 19.1 Å². The number of nitrogens with zero attached hydrogens (tertiary/aromatic N) is 1. The summed E-state index contributed by atoms with van der Waals surface area (Å²) in [5, 5.41) is 14.2. The fraction of sp³-hybridized carbons (Fsp3) is 0.538. The molecule has 0 amide bonds. The van der Waals surface area contributed by atoms with Crippen LogP contribution in [0.3, 0.4) is 0 Å². The summed E-state index contributed by atoms with van der Waals surface area (Å²) >= 11 is 0. The molecule has 0 bridgehead atoms. The van der Waals surface area contributed by atoms with Gasteiger partial charge in [0, 0.05) is 23.4 Å². The maximum absolute atomic E-state index is 10.8. The Hall–Kier alpha value is -1.58. The summed E-state index contributed by atoms with van der Waals surface area (Å²) in [6.45, 7) is 3.95. The van der Waals surface area contributed by atoms with Crippen molar-refractivity contribution in [3.63, 3.8) is 0 Å². The quantitative estimate of drug-likeness (QED) is 0.640. The summed E-state index contributed by atoms with van der Waals surface area (Å²) in [4.78, 5) is 10.5. The summed E-state index contributed by atoms with van der Waals surface area (Å²) in [5.74, 6) is 0.716. The van der Waals surface area contributed by atoms with E-state index in [4.69, 9.17) is 0 Å². The minimum Gasteiger partial charge on any atom is -0.382 e. The molecule has 0 radical (unpaired) electrons. The Morgan fingerprint density at radius 3 is 2.71 bits per heavy atom. The molecule has 1 atom stereocenters. The summed E-state index contributed by atoms with van der Waals surface area (Å²) in [6.07, 6.45) is 3.84. The number of benzene rings is 1. The number of anilines is 1. The van der Waals surface area contributed by atoms with Crippen molar-refractivity contribution in [3.8, 4) is 0 Å². The Morgan fingerprint density at radius 1 is 1.47 bits per heavy atom. The molecule has 0 saturated heterocycles. The highest BCUT2D eigenvalue weighted by Crippen LogP contribution is 2.32. The Morgan fingerprint density at radius 2 is 2.18 bits per heavy atom. The van der Waals surface area contributed by atoms with E-state index in [0.29, 0.717) is 12.0 Å². The van der Waals surface area contributed by atoms with Gasteiger partial charge in [0.05, 0.1) is 4.92 Å². The van der Waals surface area contributed by atoms with Gasteiger partial charge in [0.2, 0.25) is 0 Å². The first-order chi connectivity index (χ1) is 8.09. The van der Waals surface area contributed by atoms with Gasteiger partial charge < -0.3 is 5.32 Å². The summed E-state index contributed by atoms with van der Waals surface area (Å²) in [7, 11) is 0. The molecule has 2 rings (SSSR count). The Bertz CT molecular complexity index is 427. The second-order valence-corrected chi connectivity index (χ2v) is 4.83. The van der Waals surface area contributed by atoms with Gasteiger partial charge in [-0.05, 0) is 38.7 Å². The van der Waals surface area contributed by atoms with Crippen LogP contribution in [0.5, 0.6) is 0 Å². The van der Waals surface area contributed by atoms with Crippen LogP contribution in [-0.4, -0.2) is 11.0 Å². The van der Waals surface area contributed by atoms with Gasteiger partial charge >= 0.3 is 0 Å². The second-order valence-electron chi connectivity index (χ2n) is 4.83. The first-order valence-corrected chi connectivity index (χ1v) is 6.10. The van der Waals surface area contributed by atoms with Gasteiger partial charge in [0.25, 0.3) is 5.69 Å². The van der Waals surface area contributed by atoms with Crippen molar-refractivity contribution in [1.29, 1.82) is 0 Å². The molecule has 17 heavy (non-hydrogen) atoms. The van der Waals surface area contributed by atoms with Gasteiger partial charge in [0.1, 0.15) is 0 Å². The van der Waals surface area contributed by atoms with Crippen LogP contribution >= 0.6 is 0 Å². The van der Waals surface area contributed by atoms with E-state index >= 15 is 0 Å². The minimum atomic E-state index is -0.325. The first kappa shape index (κ1) is 11.9. The van der Waals surface area contributed by atoms with Gasteiger partial charge in [-0.2, -0.15) is 0 Å². The summed E-state index contributed by atoms with van der Waals surface area (Å²) in [6, 6.07) is 5.59. The summed E-state index contributed by atoms with van der Waals surface area (Å²) < 4.78 is 0. The normalized spacial score (nSPS) is 17.3. The molecule has 1 aromatic carbocycles. The van der Waals surface area contributed by atoms with E-state index in [2.05, 4.69) is 12.2 Å². The van der Waals surface area contributed by atoms with Crippen LogP contribution < -0.4 is 5.32 Å². The first-order valence-electron chi connectivity index (χ1n) is 6.10. The molecule has 1 aliphatic rings. The van der Waals surface area contributed by atoms with Gasteiger partial charge in [0.15, 0.2) is 0 Å². The zero-order chi connectivity index (χ0) is 12.4. The van der Waals surface area contributed by atoms with Crippen LogP contribution in [0.2, 0.25) is 0 Å². The van der Waals surface area contributed by atoms with Crippen molar-refractivity contribution in [2.75, 3.05) is 5.32 Å². The zero-order valence-corrected chi connectivity index (χ0v) is 10.3. The van der Waals surface area contributed by atoms with Crippen molar-refractivity contribution < 1.29 is 4.92 Å². The zero-order valence-electron chi connectivity index (χ0n) is 10.3. The lowest BCUT2D eigenvalue weighted by Gasteiger charge is -2.32. The molecule has 1 unspecified atom stereocenters. The molecule has 4 nitrogen and oxygen atoms in total. The third-order valence-electron chi connectivity index (χ3n) is 3.74. The van der Waals surface area contributed by atoms with Gasteiger partial charge in [-0.15, -0.1) is 0 Å². The van der Waals surface area contributed by atoms with Crippen molar-refractivity contribution in [2.24, 2.45) is 5.92 Å². The molecule has 1 aliphatic carbocycles. The predicted octanol–water partition coefficient (Wildman–Crippen LogP) is 3.50. The Balaban J connectivity index is 2.15. The fourth-order valence-electron chi connectivity index (χ4n) is 2.28. The van der Waals surface area contributed by atoms with E-state index in [-0.39, 0.29) is 10.6 Å². The van der Waals surface area contributed by atoms with Crippen LogP contribution in [0.4, 0.5) is 11.4 Å². The third kappa shape index (κ3) is 2.40. The van der Waals surface area contributed by atoms with Crippen LogP contribution in [-0.2, 0) is 0 Å². The van der Waals surface area contributed by atoms with Gasteiger partial charge in [-0.3, -0.25) is 10.1 Å². The number of nitro groups is 1. The Labute approximate surface area is 101 Å². The summed E-state index contributed by atoms with van der Waals surface area (Å²) in [5.41, 5.74) is 1.80. The largest absolute Gasteiger partial charge is 0.382 e. The molecule has 0 aromatic heterocycles. The minimum absolute atomic E-state index is 0.191. The van der Waals surface area contributed by atoms with Crippen LogP contribution in [0.15, 0.2) is 18.2 Å². The molecule has 1 N–H and O–H groups in total. The van der Waals surface area contributed by atoms with Crippen LogP contribution in [0, 0.1) is 23.0 Å². The number of hydrogen-bond acceptors (Lipinski definition) is 3. The molecule has 4 heteroatoms. The number of hydrogen-bond donors (Lipinski definition) is 1. The lowest BCUT2D eigenvalue weighted by Crippen LogP contribution is -2.31. The molecular formula is C13H18N2O2. The fourth-order valence-corrected chi connectivity index (χ4v) is 2.28. The van der Waals surface area contributed by atoms with Crippen molar-refractivity contribution in [1.82, 2.24) is 0 Å². The smallest absolute Gasteiger partial charge is 0.274 e. The molecular weight excluding hydrogens is 216 g/mol. The second kappa shape index (κ2) is 4.73.